The fourth-order valence-electron chi connectivity index (χ4n) is 4.61. The highest BCUT2D eigenvalue weighted by molar-refractivity contribution is 5.96. The Kier molecular flexibility index (Phi) is 5.47. The lowest BCUT2D eigenvalue weighted by molar-refractivity contribution is -0.384. The number of nitrogens with zero attached hydrogens (tertiary/aromatic N) is 3. The Bertz CT molecular complexity index is 1760. The molecule has 6 rings (SSSR count). The maximum Gasteiger partial charge on any atom is 0.269 e. The first-order chi connectivity index (χ1) is 18.1. The van der Waals surface area contributed by atoms with Crippen LogP contribution >= 0.6 is 0 Å². The molecule has 0 radical (unpaired) electrons. The Morgan fingerprint density at radius 1 is 0.676 bits per heavy atom. The van der Waals surface area contributed by atoms with Crippen LogP contribution in [0.1, 0.15) is 0 Å². The van der Waals surface area contributed by atoms with Crippen molar-refractivity contribution in [2.75, 3.05) is 0 Å². The second-order valence-electron chi connectivity index (χ2n) is 8.73. The Morgan fingerprint density at radius 3 is 1.97 bits per heavy atom. The number of benzene rings is 5. The lowest BCUT2D eigenvalue weighted by Crippen LogP contribution is -1.99. The van der Waals surface area contributed by atoms with Crippen LogP contribution in [0, 0.1) is 10.1 Å². The molecule has 1 N–H and O–H groups in total. The molecule has 0 unspecified atom stereocenters. The molecule has 0 saturated heterocycles. The molecule has 37 heavy (non-hydrogen) atoms. The number of aromatic nitrogens is 2. The topological polar surface area (TPSA) is 81.2 Å². The summed E-state index contributed by atoms with van der Waals surface area (Å²) in [6, 6.07) is 37.8. The molecule has 6 nitrogen and oxygen atoms in total. The largest absolute Gasteiger partial charge is 0.507 e. The van der Waals surface area contributed by atoms with Gasteiger partial charge in [0.1, 0.15) is 5.75 Å². The van der Waals surface area contributed by atoms with E-state index < -0.39 is 4.92 Å². The molecule has 0 saturated carbocycles. The second kappa shape index (κ2) is 9.09. The van der Waals surface area contributed by atoms with Crippen LogP contribution in [0.2, 0.25) is 0 Å². The number of para-hydroxylation sites is 2. The minimum Gasteiger partial charge on any atom is -0.507 e. The standard InChI is InChI=1S/C31H21N3O3/c35-31-13-7-6-12-26(31)30-20-29(32-33(30)24-10-2-1-3-11-24)28-19-23-9-5-4-8-22(23)18-27(28)21-14-16-25(17-15-21)34(36)37/h1-20,35H. The maximum absolute atomic E-state index is 11.2. The van der Waals surface area contributed by atoms with Crippen molar-refractivity contribution >= 4 is 16.5 Å². The molecule has 0 spiro atoms. The molecule has 0 atom stereocenters. The molecule has 0 fully saturated rings. The molecule has 6 aromatic rings. The predicted octanol–water partition coefficient (Wildman–Crippen LogP) is 7.64. The number of phenolic OH excluding ortho intramolecular Hbond substituents is 1. The highest BCUT2D eigenvalue weighted by Crippen LogP contribution is 2.39. The molecule has 0 amide bonds. The zero-order valence-corrected chi connectivity index (χ0v) is 19.7. The van der Waals surface area contributed by atoms with E-state index in [1.54, 1.807) is 24.3 Å². The number of non-ortho nitro benzene ring substituents is 1. The average molecular weight is 484 g/mol. The van der Waals surface area contributed by atoms with Crippen LogP contribution < -0.4 is 0 Å². The van der Waals surface area contributed by atoms with E-state index in [0.29, 0.717) is 5.56 Å². The molecular weight excluding hydrogens is 462 g/mol. The lowest BCUT2D eigenvalue weighted by atomic mass is 9.93. The third-order valence-corrected chi connectivity index (χ3v) is 6.44. The summed E-state index contributed by atoms with van der Waals surface area (Å²) < 4.78 is 1.83. The van der Waals surface area contributed by atoms with Gasteiger partial charge < -0.3 is 5.11 Å². The van der Waals surface area contributed by atoms with Gasteiger partial charge in [-0.25, -0.2) is 4.68 Å². The molecule has 0 aliphatic rings. The van der Waals surface area contributed by atoms with Crippen LogP contribution in [0.4, 0.5) is 5.69 Å². The third-order valence-electron chi connectivity index (χ3n) is 6.44. The van der Waals surface area contributed by atoms with Gasteiger partial charge in [-0.2, -0.15) is 5.10 Å². The van der Waals surface area contributed by atoms with Crippen molar-refractivity contribution in [3.05, 3.63) is 131 Å². The van der Waals surface area contributed by atoms with Crippen molar-refractivity contribution in [3.63, 3.8) is 0 Å². The number of hydrogen-bond donors (Lipinski definition) is 1. The summed E-state index contributed by atoms with van der Waals surface area (Å²) in [5, 5.41) is 29.0. The van der Waals surface area contributed by atoms with Crippen LogP contribution in [0.5, 0.6) is 5.75 Å². The van der Waals surface area contributed by atoms with Gasteiger partial charge in [-0.1, -0.05) is 54.6 Å². The van der Waals surface area contributed by atoms with E-state index in [1.165, 1.54) is 12.1 Å². The van der Waals surface area contributed by atoms with Crippen LogP contribution in [0.15, 0.2) is 121 Å². The fraction of sp³-hybridized carbons (Fsp3) is 0. The monoisotopic (exact) mass is 483 g/mol. The number of aromatic hydroxyl groups is 1. The van der Waals surface area contributed by atoms with Gasteiger partial charge in [0.2, 0.25) is 0 Å². The van der Waals surface area contributed by atoms with Crippen molar-refractivity contribution < 1.29 is 10.0 Å². The zero-order valence-electron chi connectivity index (χ0n) is 19.7. The summed E-state index contributed by atoms with van der Waals surface area (Å²) in [4.78, 5) is 10.8. The highest BCUT2D eigenvalue weighted by Gasteiger charge is 2.19. The summed E-state index contributed by atoms with van der Waals surface area (Å²) >= 11 is 0. The summed E-state index contributed by atoms with van der Waals surface area (Å²) in [7, 11) is 0. The van der Waals surface area contributed by atoms with Gasteiger partial charge in [-0.15, -0.1) is 0 Å². The summed E-state index contributed by atoms with van der Waals surface area (Å²) in [6.07, 6.45) is 0. The number of rotatable bonds is 5. The van der Waals surface area contributed by atoms with Crippen LogP contribution in [-0.2, 0) is 0 Å². The Morgan fingerprint density at radius 2 is 1.30 bits per heavy atom. The van der Waals surface area contributed by atoms with Crippen LogP contribution in [0.3, 0.4) is 0 Å². The number of nitro groups is 1. The maximum atomic E-state index is 11.2. The molecule has 178 valence electrons. The van der Waals surface area contributed by atoms with E-state index >= 15 is 0 Å². The normalized spacial score (nSPS) is 11.0. The van der Waals surface area contributed by atoms with Crippen LogP contribution in [0.25, 0.3) is 50.1 Å². The van der Waals surface area contributed by atoms with Crippen molar-refractivity contribution in [3.8, 4) is 45.1 Å². The SMILES string of the molecule is O=[N+]([O-])c1ccc(-c2cc3ccccc3cc2-c2cc(-c3ccccc3O)n(-c3ccccc3)n2)cc1. The van der Waals surface area contributed by atoms with E-state index in [0.717, 1.165) is 44.5 Å². The predicted molar refractivity (Wildman–Crippen MR) is 146 cm³/mol. The molecule has 0 aliphatic heterocycles. The molecule has 1 aromatic heterocycles. The van der Waals surface area contributed by atoms with E-state index in [4.69, 9.17) is 5.10 Å². The van der Waals surface area contributed by atoms with Crippen LogP contribution in [-0.4, -0.2) is 19.8 Å². The Hall–Kier alpha value is -5.23. The average Bonchev–Trinajstić information content (AvgIpc) is 3.38. The first-order valence-corrected chi connectivity index (χ1v) is 11.8. The van der Waals surface area contributed by atoms with Crippen molar-refractivity contribution in [2.24, 2.45) is 0 Å². The van der Waals surface area contributed by atoms with E-state index in [9.17, 15) is 15.2 Å². The molecular formula is C31H21N3O3. The number of hydrogen-bond acceptors (Lipinski definition) is 4. The van der Waals surface area contributed by atoms with Crippen molar-refractivity contribution in [2.45, 2.75) is 0 Å². The first kappa shape index (κ1) is 22.2. The van der Waals surface area contributed by atoms with Crippen molar-refractivity contribution in [1.82, 2.24) is 9.78 Å². The number of phenols is 1. The molecule has 5 aromatic carbocycles. The summed E-state index contributed by atoms with van der Waals surface area (Å²) in [5.41, 5.74) is 5.70. The third kappa shape index (κ3) is 4.10. The smallest absolute Gasteiger partial charge is 0.269 e. The van der Waals surface area contributed by atoms with E-state index in [1.807, 2.05) is 71.4 Å². The molecule has 0 aliphatic carbocycles. The Labute approximate surface area is 212 Å². The second-order valence-corrected chi connectivity index (χ2v) is 8.73. The molecule has 0 bridgehead atoms. The summed E-state index contributed by atoms with van der Waals surface area (Å²) in [5.74, 6) is 0.167. The molecule has 6 heteroatoms. The van der Waals surface area contributed by atoms with Gasteiger partial charge in [0.05, 0.1) is 22.0 Å². The van der Waals surface area contributed by atoms with Gasteiger partial charge in [0.15, 0.2) is 0 Å². The molecule has 1 heterocycles. The number of nitro benzene ring substituents is 1. The van der Waals surface area contributed by atoms with E-state index in [2.05, 4.69) is 18.2 Å². The van der Waals surface area contributed by atoms with Crippen molar-refractivity contribution in [1.29, 1.82) is 0 Å². The minimum absolute atomic E-state index is 0.0429. The fourth-order valence-corrected chi connectivity index (χ4v) is 4.61. The number of fused-ring (bicyclic) bond motifs is 1. The van der Waals surface area contributed by atoms with Gasteiger partial charge in [0.25, 0.3) is 5.69 Å². The Balaban J connectivity index is 1.61. The van der Waals surface area contributed by atoms with E-state index in [-0.39, 0.29) is 11.4 Å². The van der Waals surface area contributed by atoms with Gasteiger partial charge in [0, 0.05) is 23.3 Å². The van der Waals surface area contributed by atoms with Gasteiger partial charge in [-0.3, -0.25) is 10.1 Å². The van der Waals surface area contributed by atoms with Gasteiger partial charge >= 0.3 is 0 Å². The first-order valence-electron chi connectivity index (χ1n) is 11.8. The quantitative estimate of drug-likeness (QED) is 0.202. The zero-order chi connectivity index (χ0) is 25.4. The lowest BCUT2D eigenvalue weighted by Gasteiger charge is -2.11. The minimum atomic E-state index is -0.398. The van der Waals surface area contributed by atoms with Gasteiger partial charge in [-0.05, 0) is 76.5 Å². The summed E-state index contributed by atoms with van der Waals surface area (Å²) in [6.45, 7) is 0. The highest BCUT2D eigenvalue weighted by atomic mass is 16.6.